The summed E-state index contributed by atoms with van der Waals surface area (Å²) in [6.07, 6.45) is 1.52. The molecule has 2 N–H and O–H groups in total. The van der Waals surface area contributed by atoms with Crippen LogP contribution in [0.3, 0.4) is 0 Å². The Kier molecular flexibility index (Phi) is 5.12. The number of pyridine rings is 1. The summed E-state index contributed by atoms with van der Waals surface area (Å²) >= 11 is 0. The number of nitrogens with zero attached hydrogens (tertiary/aromatic N) is 1. The summed E-state index contributed by atoms with van der Waals surface area (Å²) in [5, 5.41) is 6.13. The van der Waals surface area contributed by atoms with Crippen molar-refractivity contribution in [2.75, 3.05) is 12.4 Å². The van der Waals surface area contributed by atoms with E-state index in [0.717, 1.165) is 16.5 Å². The maximum atomic E-state index is 12.2. The Labute approximate surface area is 151 Å². The number of methoxy groups -OCH3 is 1. The van der Waals surface area contributed by atoms with Crippen molar-refractivity contribution < 1.29 is 14.3 Å². The first-order valence-electron chi connectivity index (χ1n) is 8.18. The van der Waals surface area contributed by atoms with Crippen LogP contribution in [0.5, 0.6) is 5.75 Å². The highest BCUT2D eigenvalue weighted by atomic mass is 16.5. The summed E-state index contributed by atoms with van der Waals surface area (Å²) in [5.74, 6) is -0.820. The zero-order valence-electron chi connectivity index (χ0n) is 14.5. The molecule has 2 amide bonds. The fraction of sp³-hybridized carbons (Fsp3) is 0.150. The Balaban J connectivity index is 1.68. The lowest BCUT2D eigenvalue weighted by molar-refractivity contribution is -0.136. The standard InChI is InChI=1S/C20H19N3O3/c1-13(16-8-4-6-10-18(16)26-2)22-19(24)20(25)23-15-11-14-7-3-5-9-17(14)21-12-15/h3-13H,1-2H3,(H,22,24)(H,23,25)/t13-/m0/s1. The van der Waals surface area contributed by atoms with Gasteiger partial charge in [0.1, 0.15) is 5.75 Å². The van der Waals surface area contributed by atoms with Crippen LogP contribution in [0, 0.1) is 0 Å². The molecular weight excluding hydrogens is 330 g/mol. The number of carbonyl (C=O) groups excluding carboxylic acids is 2. The predicted molar refractivity (Wildman–Crippen MR) is 99.9 cm³/mol. The van der Waals surface area contributed by atoms with E-state index in [4.69, 9.17) is 4.74 Å². The molecule has 26 heavy (non-hydrogen) atoms. The molecule has 6 heteroatoms. The van der Waals surface area contributed by atoms with Crippen molar-refractivity contribution in [3.63, 3.8) is 0 Å². The summed E-state index contributed by atoms with van der Waals surface area (Å²) in [5.41, 5.74) is 2.08. The van der Waals surface area contributed by atoms with Gasteiger partial charge in [0.25, 0.3) is 0 Å². The number of benzene rings is 2. The number of nitrogens with one attached hydrogen (secondary N) is 2. The smallest absolute Gasteiger partial charge is 0.313 e. The number of amides is 2. The van der Waals surface area contributed by atoms with Crippen molar-refractivity contribution >= 4 is 28.4 Å². The van der Waals surface area contributed by atoms with Gasteiger partial charge in [-0.1, -0.05) is 36.4 Å². The maximum Gasteiger partial charge on any atom is 0.313 e. The molecule has 2 aromatic carbocycles. The maximum absolute atomic E-state index is 12.2. The Bertz CT molecular complexity index is 956. The number of para-hydroxylation sites is 2. The molecule has 0 aliphatic heterocycles. The predicted octanol–water partition coefficient (Wildman–Crippen LogP) is 3.06. The molecule has 0 saturated heterocycles. The highest BCUT2D eigenvalue weighted by Crippen LogP contribution is 2.24. The van der Waals surface area contributed by atoms with E-state index in [1.54, 1.807) is 26.2 Å². The van der Waals surface area contributed by atoms with Gasteiger partial charge in [-0.05, 0) is 25.1 Å². The molecule has 132 valence electrons. The quantitative estimate of drug-likeness (QED) is 0.710. The Morgan fingerprint density at radius 3 is 2.58 bits per heavy atom. The number of carbonyl (C=O) groups is 2. The number of anilines is 1. The molecule has 3 aromatic rings. The van der Waals surface area contributed by atoms with Crippen molar-refractivity contribution in [3.05, 3.63) is 66.4 Å². The molecule has 6 nitrogen and oxygen atoms in total. The third-order valence-corrected chi connectivity index (χ3v) is 4.01. The number of ether oxygens (including phenoxy) is 1. The van der Waals surface area contributed by atoms with Crippen LogP contribution >= 0.6 is 0 Å². The van der Waals surface area contributed by atoms with E-state index in [0.29, 0.717) is 11.4 Å². The van der Waals surface area contributed by atoms with Gasteiger partial charge in [-0.25, -0.2) is 0 Å². The van der Waals surface area contributed by atoms with Gasteiger partial charge in [0.2, 0.25) is 0 Å². The number of hydrogen-bond donors (Lipinski definition) is 2. The molecule has 0 spiro atoms. The fourth-order valence-electron chi connectivity index (χ4n) is 2.69. The lowest BCUT2D eigenvalue weighted by Gasteiger charge is -2.17. The minimum Gasteiger partial charge on any atom is -0.496 e. The first kappa shape index (κ1) is 17.4. The summed E-state index contributed by atoms with van der Waals surface area (Å²) in [7, 11) is 1.56. The summed E-state index contributed by atoms with van der Waals surface area (Å²) < 4.78 is 5.28. The molecule has 0 fully saturated rings. The zero-order chi connectivity index (χ0) is 18.5. The molecule has 0 aliphatic rings. The minimum atomic E-state index is -0.746. The van der Waals surface area contributed by atoms with Crippen LogP contribution in [-0.2, 0) is 9.59 Å². The number of rotatable bonds is 4. The summed E-state index contributed by atoms with van der Waals surface area (Å²) in [6.45, 7) is 1.79. The van der Waals surface area contributed by atoms with Crippen LogP contribution in [0.4, 0.5) is 5.69 Å². The third-order valence-electron chi connectivity index (χ3n) is 4.01. The topological polar surface area (TPSA) is 80.3 Å². The van der Waals surface area contributed by atoms with E-state index in [1.165, 1.54) is 6.20 Å². The average molecular weight is 349 g/mol. The second-order valence-electron chi connectivity index (χ2n) is 5.81. The van der Waals surface area contributed by atoms with Crippen LogP contribution in [0.25, 0.3) is 10.9 Å². The van der Waals surface area contributed by atoms with Gasteiger partial charge in [-0.15, -0.1) is 0 Å². The fourth-order valence-corrected chi connectivity index (χ4v) is 2.69. The summed E-state index contributed by atoms with van der Waals surface area (Å²) in [4.78, 5) is 28.7. The first-order chi connectivity index (χ1) is 12.6. The van der Waals surface area contributed by atoms with Crippen molar-refractivity contribution in [3.8, 4) is 5.75 Å². The average Bonchev–Trinajstić information content (AvgIpc) is 2.67. The van der Waals surface area contributed by atoms with Gasteiger partial charge >= 0.3 is 11.8 Å². The second kappa shape index (κ2) is 7.65. The Hall–Kier alpha value is -3.41. The van der Waals surface area contributed by atoms with E-state index in [1.807, 2.05) is 42.5 Å². The molecule has 0 aliphatic carbocycles. The van der Waals surface area contributed by atoms with Gasteiger partial charge in [-0.3, -0.25) is 14.6 Å². The van der Waals surface area contributed by atoms with E-state index in [9.17, 15) is 9.59 Å². The molecular formula is C20H19N3O3. The number of aromatic nitrogens is 1. The van der Waals surface area contributed by atoms with Gasteiger partial charge in [0.05, 0.1) is 30.6 Å². The molecule has 1 heterocycles. The highest BCUT2D eigenvalue weighted by Gasteiger charge is 2.19. The van der Waals surface area contributed by atoms with Crippen LogP contribution in [-0.4, -0.2) is 23.9 Å². The van der Waals surface area contributed by atoms with E-state index in [2.05, 4.69) is 15.6 Å². The summed E-state index contributed by atoms with van der Waals surface area (Å²) in [6, 6.07) is 16.3. The monoisotopic (exact) mass is 349 g/mol. The van der Waals surface area contributed by atoms with Gasteiger partial charge in [0.15, 0.2) is 0 Å². The molecule has 0 saturated carbocycles. The zero-order valence-corrected chi connectivity index (χ0v) is 14.5. The normalized spacial score (nSPS) is 11.6. The van der Waals surface area contributed by atoms with E-state index in [-0.39, 0.29) is 6.04 Å². The third kappa shape index (κ3) is 3.80. The van der Waals surface area contributed by atoms with Crippen LogP contribution in [0.2, 0.25) is 0 Å². The highest BCUT2D eigenvalue weighted by molar-refractivity contribution is 6.39. The largest absolute Gasteiger partial charge is 0.496 e. The Morgan fingerprint density at radius 2 is 1.77 bits per heavy atom. The molecule has 0 radical (unpaired) electrons. The first-order valence-corrected chi connectivity index (χ1v) is 8.18. The van der Waals surface area contributed by atoms with Crippen molar-refractivity contribution in [1.82, 2.24) is 10.3 Å². The van der Waals surface area contributed by atoms with Gasteiger partial charge < -0.3 is 15.4 Å². The molecule has 0 bridgehead atoms. The van der Waals surface area contributed by atoms with Crippen LogP contribution in [0.1, 0.15) is 18.5 Å². The van der Waals surface area contributed by atoms with Crippen LogP contribution in [0.15, 0.2) is 60.8 Å². The second-order valence-corrected chi connectivity index (χ2v) is 5.81. The van der Waals surface area contributed by atoms with Crippen molar-refractivity contribution in [2.24, 2.45) is 0 Å². The van der Waals surface area contributed by atoms with Gasteiger partial charge in [0, 0.05) is 10.9 Å². The SMILES string of the molecule is COc1ccccc1[C@H](C)NC(=O)C(=O)Nc1cnc2ccccc2c1. The van der Waals surface area contributed by atoms with Crippen molar-refractivity contribution in [2.45, 2.75) is 13.0 Å². The lowest BCUT2D eigenvalue weighted by Crippen LogP contribution is -2.37. The molecule has 0 unspecified atom stereocenters. The molecule has 3 rings (SSSR count). The van der Waals surface area contributed by atoms with Crippen LogP contribution < -0.4 is 15.4 Å². The van der Waals surface area contributed by atoms with E-state index >= 15 is 0 Å². The molecule has 1 atom stereocenters. The minimum absolute atomic E-state index is 0.376. The van der Waals surface area contributed by atoms with Crippen molar-refractivity contribution in [1.29, 1.82) is 0 Å². The Morgan fingerprint density at radius 1 is 1.04 bits per heavy atom. The van der Waals surface area contributed by atoms with E-state index < -0.39 is 11.8 Å². The number of hydrogen-bond acceptors (Lipinski definition) is 4. The number of fused-ring (bicyclic) bond motifs is 1. The lowest BCUT2D eigenvalue weighted by atomic mass is 10.1. The van der Waals surface area contributed by atoms with Gasteiger partial charge in [-0.2, -0.15) is 0 Å². The molecule has 1 aromatic heterocycles.